The van der Waals surface area contributed by atoms with Crippen molar-refractivity contribution in [3.63, 3.8) is 0 Å². The maximum Gasteiger partial charge on any atom is 0.338 e. The van der Waals surface area contributed by atoms with Crippen LogP contribution in [-0.4, -0.2) is 29.5 Å². The largest absolute Gasteiger partial charge is 0.478 e. The minimum absolute atomic E-state index is 0.0714. The number of fused-ring (bicyclic) bond motifs is 1. The van der Waals surface area contributed by atoms with E-state index < -0.39 is 16.0 Å². The number of rotatable bonds is 4. The number of benzene rings is 2. The van der Waals surface area contributed by atoms with Gasteiger partial charge in [0.05, 0.1) is 10.5 Å². The predicted molar refractivity (Wildman–Crippen MR) is 83.7 cm³/mol. The van der Waals surface area contributed by atoms with E-state index >= 15 is 0 Å². The van der Waals surface area contributed by atoms with Crippen LogP contribution in [0.15, 0.2) is 59.8 Å². The molecule has 3 aromatic rings. The monoisotopic (exact) mass is 329 g/mol. The fraction of sp³-hybridized carbons (Fsp3) is 0. The summed E-state index contributed by atoms with van der Waals surface area (Å²) in [4.78, 5) is 18.2. The van der Waals surface area contributed by atoms with E-state index in [0.717, 1.165) is 23.2 Å². The Morgan fingerprint density at radius 3 is 2.30 bits per heavy atom. The van der Waals surface area contributed by atoms with Gasteiger partial charge in [-0.15, -0.1) is 0 Å². The molecule has 23 heavy (non-hydrogen) atoms. The average Bonchev–Trinajstić information content (AvgIpc) is 2.54. The zero-order valence-corrected chi connectivity index (χ0v) is 12.5. The molecule has 0 aliphatic heterocycles. The van der Waals surface area contributed by atoms with Gasteiger partial charge in [0.1, 0.15) is 0 Å². The second-order valence-electron chi connectivity index (χ2n) is 4.71. The van der Waals surface area contributed by atoms with Crippen molar-refractivity contribution in [3.05, 3.63) is 60.4 Å². The standard InChI is InChI=1S/C15H11N3O4S/c19-14(20)12-8-16-15(17-9-12)18-23(21,22)13-6-5-10-3-1-2-4-11(10)7-13/h1-9H,(H,19,20)(H,16,17,18). The molecule has 1 aromatic heterocycles. The van der Waals surface area contributed by atoms with Crippen molar-refractivity contribution in [1.82, 2.24) is 9.97 Å². The Kier molecular flexibility index (Phi) is 3.67. The Bertz CT molecular complexity index is 985. The number of hydrogen-bond donors (Lipinski definition) is 2. The molecule has 0 spiro atoms. The average molecular weight is 329 g/mol. The minimum Gasteiger partial charge on any atom is -0.478 e. The highest BCUT2D eigenvalue weighted by atomic mass is 32.2. The highest BCUT2D eigenvalue weighted by Crippen LogP contribution is 2.20. The van der Waals surface area contributed by atoms with Crippen LogP contribution in [-0.2, 0) is 10.0 Å². The molecule has 0 saturated carbocycles. The number of carboxylic acids is 1. The van der Waals surface area contributed by atoms with Crippen LogP contribution in [0, 0.1) is 0 Å². The van der Waals surface area contributed by atoms with Crippen LogP contribution in [0.2, 0.25) is 0 Å². The molecule has 1 heterocycles. The number of nitrogens with zero attached hydrogens (tertiary/aromatic N) is 2. The first-order chi connectivity index (χ1) is 11.0. The molecule has 0 radical (unpaired) electrons. The molecular weight excluding hydrogens is 318 g/mol. The van der Waals surface area contributed by atoms with Crippen LogP contribution in [0.4, 0.5) is 5.95 Å². The van der Waals surface area contributed by atoms with E-state index in [-0.39, 0.29) is 16.4 Å². The smallest absolute Gasteiger partial charge is 0.338 e. The molecule has 3 rings (SSSR count). The van der Waals surface area contributed by atoms with Crippen LogP contribution >= 0.6 is 0 Å². The predicted octanol–water partition coefficient (Wildman–Crippen LogP) is 2.13. The van der Waals surface area contributed by atoms with E-state index in [1.807, 2.05) is 24.3 Å². The number of anilines is 1. The van der Waals surface area contributed by atoms with Gasteiger partial charge in [-0.05, 0) is 22.9 Å². The Balaban J connectivity index is 1.92. The van der Waals surface area contributed by atoms with Gasteiger partial charge < -0.3 is 5.11 Å². The molecule has 2 aromatic carbocycles. The summed E-state index contributed by atoms with van der Waals surface area (Å²) in [7, 11) is -3.86. The van der Waals surface area contributed by atoms with Crippen LogP contribution in [0.1, 0.15) is 10.4 Å². The fourth-order valence-electron chi connectivity index (χ4n) is 2.00. The topological polar surface area (TPSA) is 109 Å². The van der Waals surface area contributed by atoms with Crippen LogP contribution in [0.5, 0.6) is 0 Å². The number of aromatic nitrogens is 2. The summed E-state index contributed by atoms with van der Waals surface area (Å²) < 4.78 is 26.9. The van der Waals surface area contributed by atoms with Gasteiger partial charge >= 0.3 is 5.97 Å². The molecule has 0 amide bonds. The number of carboxylic acid groups (broad SMARTS) is 1. The summed E-state index contributed by atoms with van der Waals surface area (Å²) in [5, 5.41) is 10.5. The molecule has 0 fully saturated rings. The molecule has 0 unspecified atom stereocenters. The third-order valence-electron chi connectivity index (χ3n) is 3.16. The van der Waals surface area contributed by atoms with Crippen molar-refractivity contribution in [2.24, 2.45) is 0 Å². The van der Waals surface area contributed by atoms with Crippen LogP contribution in [0.3, 0.4) is 0 Å². The number of aromatic carboxylic acids is 1. The lowest BCUT2D eigenvalue weighted by molar-refractivity contribution is 0.0696. The van der Waals surface area contributed by atoms with E-state index in [4.69, 9.17) is 5.11 Å². The summed E-state index contributed by atoms with van der Waals surface area (Å²) in [5.74, 6) is -1.38. The Morgan fingerprint density at radius 1 is 1.00 bits per heavy atom. The van der Waals surface area contributed by atoms with Gasteiger partial charge in [0, 0.05) is 12.4 Å². The molecule has 2 N–H and O–H groups in total. The van der Waals surface area contributed by atoms with Crippen molar-refractivity contribution < 1.29 is 18.3 Å². The lowest BCUT2D eigenvalue weighted by Gasteiger charge is -2.07. The molecule has 0 atom stereocenters. The lowest BCUT2D eigenvalue weighted by Crippen LogP contribution is -2.15. The number of carbonyl (C=O) groups is 1. The van der Waals surface area contributed by atoms with Gasteiger partial charge in [0.25, 0.3) is 10.0 Å². The van der Waals surface area contributed by atoms with Gasteiger partial charge in [-0.25, -0.2) is 27.9 Å². The van der Waals surface area contributed by atoms with Crippen LogP contribution in [0.25, 0.3) is 10.8 Å². The molecule has 7 nitrogen and oxygen atoms in total. The molecule has 0 bridgehead atoms. The Morgan fingerprint density at radius 2 is 1.65 bits per heavy atom. The summed E-state index contributed by atoms with van der Waals surface area (Å²) in [6, 6.07) is 12.1. The summed E-state index contributed by atoms with van der Waals surface area (Å²) in [6.45, 7) is 0. The second-order valence-corrected chi connectivity index (χ2v) is 6.40. The SMILES string of the molecule is O=C(O)c1cnc(NS(=O)(=O)c2ccc3ccccc3c2)nc1. The van der Waals surface area contributed by atoms with Crippen molar-refractivity contribution in [2.75, 3.05) is 4.72 Å². The second kappa shape index (κ2) is 5.65. The highest BCUT2D eigenvalue weighted by molar-refractivity contribution is 7.92. The first kappa shape index (κ1) is 14.9. The number of hydrogen-bond acceptors (Lipinski definition) is 5. The Hall–Kier alpha value is -3.00. The van der Waals surface area contributed by atoms with Gasteiger partial charge in [0.15, 0.2) is 0 Å². The van der Waals surface area contributed by atoms with Gasteiger partial charge in [-0.1, -0.05) is 30.3 Å². The lowest BCUT2D eigenvalue weighted by atomic mass is 10.1. The zero-order chi connectivity index (χ0) is 16.4. The first-order valence-electron chi connectivity index (χ1n) is 6.53. The van der Waals surface area contributed by atoms with E-state index in [0.29, 0.717) is 0 Å². The quantitative estimate of drug-likeness (QED) is 0.759. The summed E-state index contributed by atoms with van der Waals surface area (Å²) in [5.41, 5.74) is -0.126. The van der Waals surface area contributed by atoms with Crippen molar-refractivity contribution in [3.8, 4) is 0 Å². The molecule has 0 saturated heterocycles. The van der Waals surface area contributed by atoms with E-state index in [9.17, 15) is 13.2 Å². The third kappa shape index (κ3) is 3.11. The van der Waals surface area contributed by atoms with E-state index in [2.05, 4.69) is 14.7 Å². The maximum absolute atomic E-state index is 12.4. The normalized spacial score (nSPS) is 11.3. The first-order valence-corrected chi connectivity index (χ1v) is 8.01. The molecule has 0 aliphatic rings. The van der Waals surface area contributed by atoms with Crippen molar-refractivity contribution in [1.29, 1.82) is 0 Å². The maximum atomic E-state index is 12.4. The Labute approximate surface area is 131 Å². The molecule has 0 aliphatic carbocycles. The zero-order valence-electron chi connectivity index (χ0n) is 11.7. The van der Waals surface area contributed by atoms with Crippen molar-refractivity contribution >= 4 is 32.7 Å². The molecule has 8 heteroatoms. The highest BCUT2D eigenvalue weighted by Gasteiger charge is 2.16. The molecular formula is C15H11N3O4S. The van der Waals surface area contributed by atoms with Gasteiger partial charge in [0.2, 0.25) is 5.95 Å². The third-order valence-corrected chi connectivity index (χ3v) is 4.48. The fourth-order valence-corrected chi connectivity index (χ4v) is 3.00. The minimum atomic E-state index is -3.86. The van der Waals surface area contributed by atoms with Gasteiger partial charge in [-0.3, -0.25) is 0 Å². The van der Waals surface area contributed by atoms with Crippen LogP contribution < -0.4 is 4.72 Å². The number of nitrogens with one attached hydrogen (secondary N) is 1. The summed E-state index contributed by atoms with van der Waals surface area (Å²) in [6.07, 6.45) is 2.07. The van der Waals surface area contributed by atoms with E-state index in [1.165, 1.54) is 6.07 Å². The summed E-state index contributed by atoms with van der Waals surface area (Å²) >= 11 is 0. The molecule has 116 valence electrons. The number of sulfonamides is 1. The van der Waals surface area contributed by atoms with E-state index in [1.54, 1.807) is 12.1 Å². The van der Waals surface area contributed by atoms with Gasteiger partial charge in [-0.2, -0.15) is 0 Å². The van der Waals surface area contributed by atoms with Crippen molar-refractivity contribution in [2.45, 2.75) is 4.90 Å².